The Morgan fingerprint density at radius 3 is 2.56 bits per heavy atom. The van der Waals surface area contributed by atoms with Gasteiger partial charge < -0.3 is 4.74 Å². The first-order chi connectivity index (χ1) is 7.38. The van der Waals surface area contributed by atoms with E-state index in [9.17, 15) is 18.0 Å². The van der Waals surface area contributed by atoms with Gasteiger partial charge in [-0.25, -0.2) is 18.2 Å². The van der Waals surface area contributed by atoms with Gasteiger partial charge in [0, 0.05) is 16.2 Å². The van der Waals surface area contributed by atoms with Crippen LogP contribution in [-0.2, 0) is 13.8 Å². The molecular formula is C8H6ClNO5S. The van der Waals surface area contributed by atoms with E-state index in [1.54, 1.807) is 0 Å². The van der Waals surface area contributed by atoms with Gasteiger partial charge in [-0.2, -0.15) is 0 Å². The molecule has 0 atom stereocenters. The molecule has 0 aliphatic heterocycles. The molecule has 0 aromatic carbocycles. The highest BCUT2D eigenvalue weighted by atomic mass is 35.7. The molecule has 0 aliphatic rings. The summed E-state index contributed by atoms with van der Waals surface area (Å²) in [7, 11) is 2.05. The third-order valence-corrected chi connectivity index (χ3v) is 2.79. The fourth-order valence-corrected chi connectivity index (χ4v) is 1.65. The van der Waals surface area contributed by atoms with Crippen LogP contribution in [0.4, 0.5) is 0 Å². The van der Waals surface area contributed by atoms with E-state index >= 15 is 0 Å². The van der Waals surface area contributed by atoms with E-state index in [1.807, 2.05) is 0 Å². The number of pyridine rings is 1. The highest BCUT2D eigenvalue weighted by molar-refractivity contribution is 8.13. The molecule has 0 aliphatic carbocycles. The Morgan fingerprint density at radius 1 is 1.50 bits per heavy atom. The Morgan fingerprint density at radius 2 is 2.12 bits per heavy atom. The molecule has 1 rings (SSSR count). The van der Waals surface area contributed by atoms with Crippen LogP contribution in [0.15, 0.2) is 17.2 Å². The normalized spacial score (nSPS) is 10.9. The minimum absolute atomic E-state index is 0.0328. The molecule has 0 saturated carbocycles. The molecule has 1 aromatic heterocycles. The molecule has 86 valence electrons. The largest absolute Gasteiger partial charge is 0.464 e. The summed E-state index contributed by atoms with van der Waals surface area (Å²) in [6, 6.07) is 2.06. The number of rotatable bonds is 3. The zero-order valence-corrected chi connectivity index (χ0v) is 9.58. The summed E-state index contributed by atoms with van der Waals surface area (Å²) in [6.45, 7) is 0. The number of aldehydes is 1. The molecule has 16 heavy (non-hydrogen) atoms. The van der Waals surface area contributed by atoms with Crippen LogP contribution in [0.1, 0.15) is 20.8 Å². The Balaban J connectivity index is 3.44. The van der Waals surface area contributed by atoms with Gasteiger partial charge in [-0.1, -0.05) is 0 Å². The Hall–Kier alpha value is -1.47. The fraction of sp³-hybridized carbons (Fsp3) is 0.125. The van der Waals surface area contributed by atoms with E-state index in [0.29, 0.717) is 6.29 Å². The van der Waals surface area contributed by atoms with Gasteiger partial charge in [-0.15, -0.1) is 0 Å². The van der Waals surface area contributed by atoms with E-state index < -0.39 is 20.0 Å². The van der Waals surface area contributed by atoms with Crippen molar-refractivity contribution >= 4 is 32.0 Å². The number of hydrogen-bond acceptors (Lipinski definition) is 6. The van der Waals surface area contributed by atoms with Gasteiger partial charge in [0.15, 0.2) is 10.7 Å². The molecule has 0 saturated heterocycles. The van der Waals surface area contributed by atoms with Gasteiger partial charge in [-0.05, 0) is 12.1 Å². The number of halogens is 1. The average Bonchev–Trinajstić information content (AvgIpc) is 2.26. The summed E-state index contributed by atoms with van der Waals surface area (Å²) >= 11 is 0. The topological polar surface area (TPSA) is 90.4 Å². The van der Waals surface area contributed by atoms with Crippen LogP contribution in [0.5, 0.6) is 0 Å². The Labute approximate surface area is 95.6 Å². The van der Waals surface area contributed by atoms with Crippen molar-refractivity contribution in [3.63, 3.8) is 0 Å². The van der Waals surface area contributed by atoms with E-state index in [1.165, 1.54) is 0 Å². The lowest BCUT2D eigenvalue weighted by atomic mass is 10.2. The summed E-state index contributed by atoms with van der Waals surface area (Å²) in [5, 5.41) is -0.570. The molecule has 0 radical (unpaired) electrons. The number of carbonyl (C=O) groups excluding carboxylic acids is 2. The predicted octanol–water partition coefficient (Wildman–Crippen LogP) is 0.608. The summed E-state index contributed by atoms with van der Waals surface area (Å²) < 4.78 is 26.3. The van der Waals surface area contributed by atoms with Crippen molar-refractivity contribution in [1.82, 2.24) is 4.98 Å². The van der Waals surface area contributed by atoms with Gasteiger partial charge in [0.1, 0.15) is 6.29 Å². The molecule has 0 N–H and O–H groups in total. The summed E-state index contributed by atoms with van der Waals surface area (Å²) in [5.74, 6) is -0.856. The predicted molar refractivity (Wildman–Crippen MR) is 54.0 cm³/mol. The van der Waals surface area contributed by atoms with Crippen LogP contribution in [0.2, 0.25) is 0 Å². The van der Waals surface area contributed by atoms with Gasteiger partial charge >= 0.3 is 5.97 Å². The standard InChI is InChI=1S/C8H6ClNO5S/c1-15-8(12)6-2-5(4-11)3-7(10-6)16(9,13)14/h2-4H,1H3. The quantitative estimate of drug-likeness (QED) is 0.451. The van der Waals surface area contributed by atoms with Crippen molar-refractivity contribution in [1.29, 1.82) is 0 Å². The van der Waals surface area contributed by atoms with E-state index in [2.05, 4.69) is 9.72 Å². The van der Waals surface area contributed by atoms with Crippen LogP contribution in [0, 0.1) is 0 Å². The fourth-order valence-electron chi connectivity index (χ4n) is 0.927. The van der Waals surface area contributed by atoms with Crippen molar-refractivity contribution in [2.45, 2.75) is 5.03 Å². The number of hydrogen-bond donors (Lipinski definition) is 0. The number of carbonyl (C=O) groups is 2. The number of esters is 1. The lowest BCUT2D eigenvalue weighted by Crippen LogP contribution is -2.08. The second-order valence-corrected chi connectivity index (χ2v) is 5.18. The molecule has 0 bridgehead atoms. The number of nitrogens with zero attached hydrogens (tertiary/aromatic N) is 1. The second-order valence-electron chi connectivity index (χ2n) is 2.67. The maximum Gasteiger partial charge on any atom is 0.356 e. The highest BCUT2D eigenvalue weighted by Crippen LogP contribution is 2.15. The monoisotopic (exact) mass is 263 g/mol. The maximum absolute atomic E-state index is 11.1. The molecular weight excluding hydrogens is 258 g/mol. The SMILES string of the molecule is COC(=O)c1cc(C=O)cc(S(=O)(=O)Cl)n1. The molecule has 1 heterocycles. The maximum atomic E-state index is 11.1. The van der Waals surface area contributed by atoms with Crippen molar-refractivity contribution in [3.05, 3.63) is 23.4 Å². The van der Waals surface area contributed by atoms with Crippen LogP contribution < -0.4 is 0 Å². The number of aromatic nitrogens is 1. The summed E-state index contributed by atoms with van der Waals surface area (Å²) in [4.78, 5) is 25.1. The van der Waals surface area contributed by atoms with E-state index in [4.69, 9.17) is 10.7 Å². The van der Waals surface area contributed by atoms with Crippen molar-refractivity contribution in [2.24, 2.45) is 0 Å². The summed E-state index contributed by atoms with van der Waals surface area (Å²) in [5.41, 5.74) is -0.332. The third kappa shape index (κ3) is 2.77. The van der Waals surface area contributed by atoms with E-state index in [0.717, 1.165) is 19.2 Å². The first-order valence-corrected chi connectivity index (χ1v) is 6.19. The zero-order valence-electron chi connectivity index (χ0n) is 8.01. The smallest absolute Gasteiger partial charge is 0.356 e. The van der Waals surface area contributed by atoms with Crippen LogP contribution in [0.25, 0.3) is 0 Å². The zero-order chi connectivity index (χ0) is 12.3. The van der Waals surface area contributed by atoms with Crippen molar-refractivity contribution < 1.29 is 22.7 Å². The Bertz CT molecular complexity index is 539. The van der Waals surface area contributed by atoms with Gasteiger partial charge in [0.2, 0.25) is 0 Å². The molecule has 1 aromatic rings. The van der Waals surface area contributed by atoms with Crippen LogP contribution in [0.3, 0.4) is 0 Å². The van der Waals surface area contributed by atoms with E-state index in [-0.39, 0.29) is 11.3 Å². The van der Waals surface area contributed by atoms with Gasteiger partial charge in [-0.3, -0.25) is 4.79 Å². The molecule has 0 fully saturated rings. The highest BCUT2D eigenvalue weighted by Gasteiger charge is 2.17. The van der Waals surface area contributed by atoms with Crippen LogP contribution in [-0.4, -0.2) is 32.8 Å². The lowest BCUT2D eigenvalue weighted by Gasteiger charge is -2.01. The number of ether oxygens (including phenoxy) is 1. The van der Waals surface area contributed by atoms with Gasteiger partial charge in [0.25, 0.3) is 9.05 Å². The lowest BCUT2D eigenvalue weighted by molar-refractivity contribution is 0.0593. The molecule has 0 unspecified atom stereocenters. The van der Waals surface area contributed by atoms with Crippen LogP contribution >= 0.6 is 10.7 Å². The minimum Gasteiger partial charge on any atom is -0.464 e. The minimum atomic E-state index is -4.11. The van der Waals surface area contributed by atoms with Crippen molar-refractivity contribution in [3.8, 4) is 0 Å². The second kappa shape index (κ2) is 4.58. The molecule has 0 amide bonds. The molecule has 0 spiro atoms. The third-order valence-electron chi connectivity index (χ3n) is 1.60. The van der Waals surface area contributed by atoms with Crippen molar-refractivity contribution in [2.75, 3.05) is 7.11 Å². The summed E-state index contributed by atoms with van der Waals surface area (Å²) in [6.07, 6.45) is 0.375. The molecule has 6 nitrogen and oxygen atoms in total. The first-order valence-electron chi connectivity index (χ1n) is 3.88. The molecule has 8 heteroatoms. The first kappa shape index (κ1) is 12.6. The number of methoxy groups -OCH3 is 1. The Kier molecular flexibility index (Phi) is 3.61. The van der Waals surface area contributed by atoms with Gasteiger partial charge in [0.05, 0.1) is 7.11 Å². The average molecular weight is 264 g/mol.